The first kappa shape index (κ1) is 19.4. The highest BCUT2D eigenvalue weighted by atomic mass is 14.8. The van der Waals surface area contributed by atoms with Gasteiger partial charge in [0.1, 0.15) is 0 Å². The van der Waals surface area contributed by atoms with Crippen molar-refractivity contribution >= 4 is 11.4 Å². The van der Waals surface area contributed by atoms with Crippen LogP contribution in [0.1, 0.15) is 72.8 Å². The summed E-state index contributed by atoms with van der Waals surface area (Å²) in [6, 6.07) is 10.5. The number of allylic oxidation sites excluding steroid dienone is 3. The van der Waals surface area contributed by atoms with Crippen LogP contribution in [0.3, 0.4) is 0 Å². The van der Waals surface area contributed by atoms with E-state index in [0.717, 1.165) is 24.5 Å². The zero-order valence-corrected chi connectivity index (χ0v) is 15.8. The van der Waals surface area contributed by atoms with Crippen molar-refractivity contribution < 1.29 is 0 Å². The molecule has 0 N–H and O–H groups in total. The maximum absolute atomic E-state index is 4.99. The van der Waals surface area contributed by atoms with Gasteiger partial charge in [-0.15, -0.1) is 0 Å². The van der Waals surface area contributed by atoms with Crippen LogP contribution in [0.25, 0.3) is 5.70 Å². The van der Waals surface area contributed by atoms with E-state index in [-0.39, 0.29) is 0 Å². The largest absolute Gasteiger partial charge is 0.257 e. The molecule has 0 aliphatic heterocycles. The van der Waals surface area contributed by atoms with Crippen LogP contribution >= 0.6 is 0 Å². The first-order valence-electron chi connectivity index (χ1n) is 8.91. The van der Waals surface area contributed by atoms with Crippen molar-refractivity contribution in [1.29, 1.82) is 0 Å². The Bertz CT molecular complexity index is 559. The van der Waals surface area contributed by atoms with E-state index in [1.165, 1.54) is 35.3 Å². The summed E-state index contributed by atoms with van der Waals surface area (Å²) in [7, 11) is 0. The highest BCUT2D eigenvalue weighted by molar-refractivity contribution is 5.90. The van der Waals surface area contributed by atoms with E-state index in [4.69, 9.17) is 4.99 Å². The van der Waals surface area contributed by atoms with Gasteiger partial charge in [-0.05, 0) is 51.5 Å². The Kier molecular flexibility index (Phi) is 8.61. The van der Waals surface area contributed by atoms with E-state index in [0.29, 0.717) is 0 Å². The van der Waals surface area contributed by atoms with Crippen LogP contribution in [-0.4, -0.2) is 5.71 Å². The van der Waals surface area contributed by atoms with Crippen molar-refractivity contribution in [2.45, 2.75) is 67.2 Å². The molecule has 1 aromatic rings. The predicted octanol–water partition coefficient (Wildman–Crippen LogP) is 7.06. The van der Waals surface area contributed by atoms with Crippen molar-refractivity contribution in [3.8, 4) is 0 Å². The number of hydrogen-bond acceptors (Lipinski definition) is 1. The number of nitrogens with zero attached hydrogens (tertiary/aromatic N) is 1. The van der Waals surface area contributed by atoms with E-state index < -0.39 is 0 Å². The highest BCUT2D eigenvalue weighted by Crippen LogP contribution is 2.24. The molecule has 0 fully saturated rings. The average molecular weight is 312 g/mol. The van der Waals surface area contributed by atoms with Gasteiger partial charge in [-0.25, -0.2) is 0 Å². The molecule has 0 heterocycles. The second kappa shape index (κ2) is 10.2. The third-order valence-corrected chi connectivity index (χ3v) is 4.22. The third kappa shape index (κ3) is 6.99. The van der Waals surface area contributed by atoms with Crippen LogP contribution in [0.4, 0.5) is 0 Å². The maximum Gasteiger partial charge on any atom is 0.0690 e. The Labute approximate surface area is 143 Å². The van der Waals surface area contributed by atoms with Crippen molar-refractivity contribution in [3.63, 3.8) is 0 Å². The van der Waals surface area contributed by atoms with Gasteiger partial charge in [0.05, 0.1) is 5.70 Å². The lowest BCUT2D eigenvalue weighted by molar-refractivity contribution is 0.582. The SMILES string of the molecule is C/C=C(\CCC(C)C)CC(C)=N/C(=C(/C)CC)c1ccccc1. The molecule has 1 rings (SSSR count). The molecule has 0 saturated heterocycles. The Morgan fingerprint density at radius 2 is 1.78 bits per heavy atom. The molecule has 1 nitrogen and oxygen atoms in total. The topological polar surface area (TPSA) is 12.4 Å². The fraction of sp³-hybridized carbons (Fsp3) is 0.500. The Balaban J connectivity index is 2.95. The van der Waals surface area contributed by atoms with Gasteiger partial charge in [-0.1, -0.05) is 62.8 Å². The van der Waals surface area contributed by atoms with Crippen LogP contribution < -0.4 is 0 Å². The summed E-state index contributed by atoms with van der Waals surface area (Å²) in [5, 5.41) is 0. The second-order valence-corrected chi connectivity index (χ2v) is 6.75. The molecule has 0 aliphatic rings. The van der Waals surface area contributed by atoms with Crippen LogP contribution in [-0.2, 0) is 0 Å². The maximum atomic E-state index is 4.99. The average Bonchev–Trinajstić information content (AvgIpc) is 2.56. The van der Waals surface area contributed by atoms with Gasteiger partial charge in [0.2, 0.25) is 0 Å². The zero-order chi connectivity index (χ0) is 17.2. The van der Waals surface area contributed by atoms with Gasteiger partial charge in [-0.3, -0.25) is 4.99 Å². The van der Waals surface area contributed by atoms with Gasteiger partial charge in [0, 0.05) is 17.7 Å². The lowest BCUT2D eigenvalue weighted by atomic mass is 9.98. The van der Waals surface area contributed by atoms with E-state index >= 15 is 0 Å². The molecule has 1 aromatic carbocycles. The van der Waals surface area contributed by atoms with Gasteiger partial charge in [0.15, 0.2) is 0 Å². The molecule has 0 aliphatic carbocycles. The van der Waals surface area contributed by atoms with Gasteiger partial charge < -0.3 is 0 Å². The molecule has 0 spiro atoms. The number of benzene rings is 1. The Morgan fingerprint density at radius 1 is 1.13 bits per heavy atom. The molecule has 0 atom stereocenters. The normalized spacial score (nSPS) is 14.2. The molecule has 23 heavy (non-hydrogen) atoms. The summed E-state index contributed by atoms with van der Waals surface area (Å²) in [6.07, 6.45) is 6.71. The molecule has 0 amide bonds. The van der Waals surface area contributed by atoms with E-state index in [2.05, 4.69) is 78.0 Å². The zero-order valence-electron chi connectivity index (χ0n) is 15.8. The lowest BCUT2D eigenvalue weighted by Gasteiger charge is -2.12. The summed E-state index contributed by atoms with van der Waals surface area (Å²) in [4.78, 5) is 4.99. The van der Waals surface area contributed by atoms with Gasteiger partial charge in [0.25, 0.3) is 0 Å². The molecule has 0 radical (unpaired) electrons. The first-order chi connectivity index (χ1) is 11.0. The van der Waals surface area contributed by atoms with Crippen LogP contribution in [0, 0.1) is 5.92 Å². The fourth-order valence-electron chi connectivity index (χ4n) is 2.54. The Hall–Kier alpha value is -1.63. The van der Waals surface area contributed by atoms with Gasteiger partial charge >= 0.3 is 0 Å². The summed E-state index contributed by atoms with van der Waals surface area (Å²) in [5.74, 6) is 0.754. The minimum atomic E-state index is 0.754. The summed E-state index contributed by atoms with van der Waals surface area (Å²) in [5.41, 5.74) is 6.41. The van der Waals surface area contributed by atoms with E-state index in [9.17, 15) is 0 Å². The molecular formula is C22H33N. The van der Waals surface area contributed by atoms with Crippen LogP contribution in [0.15, 0.2) is 52.5 Å². The van der Waals surface area contributed by atoms with Crippen molar-refractivity contribution in [1.82, 2.24) is 0 Å². The number of rotatable bonds is 8. The number of aliphatic imine (C=N–C) groups is 1. The van der Waals surface area contributed by atoms with Gasteiger partial charge in [-0.2, -0.15) is 0 Å². The molecule has 126 valence electrons. The smallest absolute Gasteiger partial charge is 0.0690 e. The predicted molar refractivity (Wildman–Crippen MR) is 105 cm³/mol. The quantitative estimate of drug-likeness (QED) is 0.360. The van der Waals surface area contributed by atoms with Crippen molar-refractivity contribution in [3.05, 3.63) is 53.1 Å². The van der Waals surface area contributed by atoms with Crippen LogP contribution in [0.2, 0.25) is 0 Å². The second-order valence-electron chi connectivity index (χ2n) is 6.75. The molecule has 0 saturated carbocycles. The standard InChI is InChI=1S/C22H33N/c1-7-18(5)22(21-12-10-9-11-13-21)23-19(6)16-20(8-2)15-14-17(3)4/h8-13,17H,7,14-16H2,1-6H3/b20-8+,22-18-,23-19?. The third-order valence-electron chi connectivity index (χ3n) is 4.22. The summed E-state index contributed by atoms with van der Waals surface area (Å²) >= 11 is 0. The van der Waals surface area contributed by atoms with Crippen molar-refractivity contribution in [2.24, 2.45) is 10.9 Å². The van der Waals surface area contributed by atoms with Crippen molar-refractivity contribution in [2.75, 3.05) is 0 Å². The minimum absolute atomic E-state index is 0.754. The molecule has 1 heteroatoms. The lowest BCUT2D eigenvalue weighted by Crippen LogP contribution is -1.99. The molecule has 0 aromatic heterocycles. The number of hydrogen-bond donors (Lipinski definition) is 0. The monoisotopic (exact) mass is 311 g/mol. The fourth-order valence-corrected chi connectivity index (χ4v) is 2.54. The van der Waals surface area contributed by atoms with E-state index in [1.807, 2.05) is 0 Å². The summed E-state index contributed by atoms with van der Waals surface area (Å²) in [6.45, 7) is 13.3. The minimum Gasteiger partial charge on any atom is -0.257 e. The Morgan fingerprint density at radius 3 is 2.30 bits per heavy atom. The summed E-state index contributed by atoms with van der Waals surface area (Å²) < 4.78 is 0. The molecular weight excluding hydrogens is 278 g/mol. The molecule has 0 bridgehead atoms. The first-order valence-corrected chi connectivity index (χ1v) is 8.91. The highest BCUT2D eigenvalue weighted by Gasteiger charge is 2.06. The van der Waals surface area contributed by atoms with E-state index in [1.54, 1.807) is 0 Å². The van der Waals surface area contributed by atoms with Crippen LogP contribution in [0.5, 0.6) is 0 Å². The molecule has 0 unspecified atom stereocenters.